The van der Waals surface area contributed by atoms with E-state index in [0.29, 0.717) is 28.1 Å². The third-order valence-electron chi connectivity index (χ3n) is 8.16. The molecule has 1 heterocycles. The Morgan fingerprint density at radius 3 is 2.52 bits per heavy atom. The summed E-state index contributed by atoms with van der Waals surface area (Å²) in [5.41, 5.74) is 3.25. The second-order valence-electron chi connectivity index (χ2n) is 9.75. The van der Waals surface area contributed by atoms with Crippen LogP contribution in [-0.4, -0.2) is 16.0 Å². The molecule has 33 heavy (non-hydrogen) atoms. The molecule has 2 atom stereocenters. The van der Waals surface area contributed by atoms with Crippen molar-refractivity contribution >= 4 is 34.0 Å². The number of anilines is 1. The van der Waals surface area contributed by atoms with Crippen LogP contribution in [-0.2, 0) is 0 Å². The minimum atomic E-state index is -0.207. The molecule has 1 aromatic heterocycles. The zero-order chi connectivity index (χ0) is 23.0. The number of hydrogen-bond acceptors (Lipinski definition) is 3. The Morgan fingerprint density at radius 2 is 1.85 bits per heavy atom. The molecular weight excluding hydrogens is 437 g/mol. The third kappa shape index (κ3) is 4.19. The summed E-state index contributed by atoms with van der Waals surface area (Å²) in [6.07, 6.45) is 8.69. The van der Waals surface area contributed by atoms with Crippen molar-refractivity contribution in [2.45, 2.75) is 51.4 Å². The minimum absolute atomic E-state index is 0.131. The zero-order valence-corrected chi connectivity index (χ0v) is 19.5. The van der Waals surface area contributed by atoms with Crippen LogP contribution in [0.1, 0.15) is 56.9 Å². The number of hydrogen-bond donors (Lipinski definition) is 2. The first-order valence-corrected chi connectivity index (χ1v) is 12.2. The van der Waals surface area contributed by atoms with E-state index in [1.807, 2.05) is 30.5 Å². The number of amidine groups is 1. The molecular formula is C27H29ClFN3O. The number of rotatable bonds is 4. The van der Waals surface area contributed by atoms with Gasteiger partial charge in [-0.2, -0.15) is 0 Å². The summed E-state index contributed by atoms with van der Waals surface area (Å²) < 4.78 is 13.9. The number of nitrogens with zero attached hydrogens (tertiary/aromatic N) is 2. The lowest BCUT2D eigenvalue weighted by atomic mass is 9.49. The molecule has 5 rings (SSSR count). The van der Waals surface area contributed by atoms with Crippen molar-refractivity contribution in [2.75, 3.05) is 5.32 Å². The van der Waals surface area contributed by atoms with E-state index in [4.69, 9.17) is 11.6 Å². The highest BCUT2D eigenvalue weighted by atomic mass is 35.5. The van der Waals surface area contributed by atoms with Gasteiger partial charge in [0.25, 0.3) is 0 Å². The van der Waals surface area contributed by atoms with Crippen molar-refractivity contribution in [2.24, 2.45) is 22.4 Å². The lowest BCUT2D eigenvalue weighted by Crippen LogP contribution is -2.48. The quantitative estimate of drug-likeness (QED) is 0.180. The number of aromatic nitrogens is 1. The van der Waals surface area contributed by atoms with Crippen molar-refractivity contribution in [3.8, 4) is 0 Å². The molecule has 0 saturated heterocycles. The molecule has 0 bridgehead atoms. The highest BCUT2D eigenvalue weighted by Crippen LogP contribution is 2.60. The van der Waals surface area contributed by atoms with Gasteiger partial charge in [0.15, 0.2) is 0 Å². The van der Waals surface area contributed by atoms with Gasteiger partial charge in [-0.3, -0.25) is 4.98 Å². The number of oxime groups is 1. The smallest absolute Gasteiger partial charge is 0.149 e. The van der Waals surface area contributed by atoms with E-state index >= 15 is 0 Å². The maximum absolute atomic E-state index is 13.9. The van der Waals surface area contributed by atoms with Gasteiger partial charge in [-0.1, -0.05) is 23.7 Å². The zero-order valence-electron chi connectivity index (χ0n) is 18.8. The third-order valence-corrected chi connectivity index (χ3v) is 8.41. The Hall–Kier alpha value is -2.66. The van der Waals surface area contributed by atoms with Gasteiger partial charge >= 0.3 is 0 Å². The number of nitrogens with one attached hydrogen (secondary N) is 1. The second-order valence-corrected chi connectivity index (χ2v) is 10.2. The monoisotopic (exact) mass is 465 g/mol. The molecule has 0 radical (unpaired) electrons. The Labute approximate surface area is 198 Å². The lowest BCUT2D eigenvalue weighted by Gasteiger charge is -2.56. The Kier molecular flexibility index (Phi) is 6.00. The average Bonchev–Trinajstić information content (AvgIpc) is 2.82. The molecule has 2 unspecified atom stereocenters. The molecule has 172 valence electrons. The number of fused-ring (bicyclic) bond motifs is 1. The van der Waals surface area contributed by atoms with Gasteiger partial charge < -0.3 is 10.5 Å². The van der Waals surface area contributed by atoms with E-state index in [2.05, 4.69) is 28.4 Å². The summed E-state index contributed by atoms with van der Waals surface area (Å²) in [6.45, 7) is 2.16. The van der Waals surface area contributed by atoms with Crippen LogP contribution in [0, 0.1) is 23.1 Å². The van der Waals surface area contributed by atoms with Crippen molar-refractivity contribution in [1.82, 2.24) is 4.98 Å². The SMILES string of the molecule is CC(/C(=N/O)Nc1ccc(Cl)cc1)C1CCC12CCC(c1ccnc3ccc(F)cc13)CC2. The van der Waals surface area contributed by atoms with Gasteiger partial charge in [-0.15, -0.1) is 0 Å². The van der Waals surface area contributed by atoms with Gasteiger partial charge in [-0.05, 0) is 110 Å². The number of pyridine rings is 1. The summed E-state index contributed by atoms with van der Waals surface area (Å²) >= 11 is 5.99. The lowest BCUT2D eigenvalue weighted by molar-refractivity contribution is -0.0308. The molecule has 0 aliphatic heterocycles. The summed E-state index contributed by atoms with van der Waals surface area (Å²) in [5, 5.41) is 18.3. The highest BCUT2D eigenvalue weighted by Gasteiger charge is 2.51. The molecule has 6 heteroatoms. The predicted molar refractivity (Wildman–Crippen MR) is 132 cm³/mol. The maximum Gasteiger partial charge on any atom is 0.149 e. The van der Waals surface area contributed by atoms with Crippen molar-refractivity contribution in [1.29, 1.82) is 0 Å². The molecule has 2 aromatic carbocycles. The molecule has 2 fully saturated rings. The van der Waals surface area contributed by atoms with Gasteiger partial charge in [0.05, 0.1) is 5.52 Å². The Balaban J connectivity index is 1.29. The van der Waals surface area contributed by atoms with E-state index in [-0.39, 0.29) is 11.7 Å². The summed E-state index contributed by atoms with van der Waals surface area (Å²) in [7, 11) is 0. The molecule has 1 spiro atoms. The summed E-state index contributed by atoms with van der Waals surface area (Å²) in [5.74, 6) is 1.44. The molecule has 2 N–H and O–H groups in total. The van der Waals surface area contributed by atoms with Crippen LogP contribution in [0.5, 0.6) is 0 Å². The summed E-state index contributed by atoms with van der Waals surface area (Å²) in [4.78, 5) is 4.42. The number of benzene rings is 2. The van der Waals surface area contributed by atoms with Crippen LogP contribution >= 0.6 is 11.6 Å². The van der Waals surface area contributed by atoms with E-state index < -0.39 is 0 Å². The minimum Gasteiger partial charge on any atom is -0.409 e. The first-order chi connectivity index (χ1) is 16.0. The molecule has 2 aliphatic rings. The van der Waals surface area contributed by atoms with E-state index in [0.717, 1.165) is 48.7 Å². The Bertz CT molecular complexity index is 1170. The van der Waals surface area contributed by atoms with Gasteiger partial charge in [-0.25, -0.2) is 4.39 Å². The fourth-order valence-corrected chi connectivity index (χ4v) is 6.35. The largest absolute Gasteiger partial charge is 0.409 e. The molecule has 3 aromatic rings. The first-order valence-electron chi connectivity index (χ1n) is 11.8. The van der Waals surface area contributed by atoms with Gasteiger partial charge in [0.2, 0.25) is 0 Å². The van der Waals surface area contributed by atoms with Crippen LogP contribution in [0.4, 0.5) is 10.1 Å². The van der Waals surface area contributed by atoms with Crippen LogP contribution in [0.25, 0.3) is 10.9 Å². The van der Waals surface area contributed by atoms with E-state index in [1.165, 1.54) is 18.1 Å². The molecule has 0 amide bonds. The second kappa shape index (κ2) is 8.94. The van der Waals surface area contributed by atoms with Crippen molar-refractivity contribution in [3.63, 3.8) is 0 Å². The predicted octanol–water partition coefficient (Wildman–Crippen LogP) is 7.62. The van der Waals surface area contributed by atoms with Gasteiger partial charge in [0, 0.05) is 28.2 Å². The maximum atomic E-state index is 13.9. The fourth-order valence-electron chi connectivity index (χ4n) is 6.22. The van der Waals surface area contributed by atoms with Gasteiger partial charge in [0.1, 0.15) is 11.7 Å². The fraction of sp³-hybridized carbons (Fsp3) is 0.407. The van der Waals surface area contributed by atoms with Crippen LogP contribution < -0.4 is 5.32 Å². The first kappa shape index (κ1) is 22.1. The normalized spacial score (nSPS) is 26.2. The topological polar surface area (TPSA) is 57.5 Å². The van der Waals surface area contributed by atoms with Crippen LogP contribution in [0.15, 0.2) is 59.9 Å². The number of halogens is 2. The average molecular weight is 466 g/mol. The Morgan fingerprint density at radius 1 is 1.12 bits per heavy atom. The van der Waals surface area contributed by atoms with E-state index in [9.17, 15) is 9.60 Å². The van der Waals surface area contributed by atoms with Crippen molar-refractivity contribution in [3.05, 3.63) is 71.1 Å². The molecule has 2 aliphatic carbocycles. The molecule has 4 nitrogen and oxygen atoms in total. The van der Waals surface area contributed by atoms with Crippen LogP contribution in [0.2, 0.25) is 5.02 Å². The summed E-state index contributed by atoms with van der Waals surface area (Å²) in [6, 6.07) is 14.4. The molecule has 2 saturated carbocycles. The van der Waals surface area contributed by atoms with Crippen molar-refractivity contribution < 1.29 is 9.60 Å². The van der Waals surface area contributed by atoms with E-state index in [1.54, 1.807) is 12.1 Å². The highest BCUT2D eigenvalue weighted by molar-refractivity contribution is 6.30. The van der Waals surface area contributed by atoms with Crippen LogP contribution in [0.3, 0.4) is 0 Å². The standard InChI is InChI=1S/C27H29ClFN3O/c1-17(26(32-33)31-21-5-2-19(28)3-6-21)24-10-14-27(24)12-8-18(9-13-27)22-11-15-30-25-7-4-20(29)16-23(22)25/h2-7,11,15-18,24,33H,8-10,12-14H2,1H3,(H,31,32).